The van der Waals surface area contributed by atoms with Gasteiger partial charge in [0.05, 0.1) is 29.4 Å². The second-order valence-corrected chi connectivity index (χ2v) is 7.03. The van der Waals surface area contributed by atoms with Crippen molar-refractivity contribution in [1.82, 2.24) is 4.98 Å². The van der Waals surface area contributed by atoms with Crippen molar-refractivity contribution in [2.45, 2.75) is 18.6 Å². The summed E-state index contributed by atoms with van der Waals surface area (Å²) in [6.45, 7) is 3.13. The first kappa shape index (κ1) is 14.7. The summed E-state index contributed by atoms with van der Waals surface area (Å²) < 4.78 is 12.6. The lowest BCUT2D eigenvalue weighted by Crippen LogP contribution is -2.45. The van der Waals surface area contributed by atoms with Gasteiger partial charge < -0.3 is 14.4 Å². The molecule has 2 saturated heterocycles. The van der Waals surface area contributed by atoms with Crippen LogP contribution in [0.3, 0.4) is 0 Å². The van der Waals surface area contributed by atoms with Crippen molar-refractivity contribution in [2.24, 2.45) is 0 Å². The molecule has 2 fully saturated rings. The van der Waals surface area contributed by atoms with E-state index < -0.39 is 0 Å². The number of pyridine rings is 1. The number of anilines is 1. The number of hydrogen-bond acceptors (Lipinski definition) is 4. The fraction of sp³-hybridized carbons (Fsp3) is 0.438. The van der Waals surface area contributed by atoms with Crippen LogP contribution in [0.5, 0.6) is 0 Å². The molecule has 0 radical (unpaired) electrons. The first-order valence-electron chi connectivity index (χ1n) is 7.44. The van der Waals surface area contributed by atoms with E-state index in [4.69, 9.17) is 21.1 Å². The van der Waals surface area contributed by atoms with Crippen LogP contribution < -0.4 is 4.90 Å². The van der Waals surface area contributed by atoms with Crippen molar-refractivity contribution in [3.05, 3.63) is 33.9 Å². The minimum absolute atomic E-state index is 0.369. The maximum absolute atomic E-state index is 6.46. The summed E-state index contributed by atoms with van der Waals surface area (Å²) in [6.07, 6.45) is 3.46. The molecule has 0 bridgehead atoms. The van der Waals surface area contributed by atoms with E-state index in [0.717, 1.165) is 47.0 Å². The van der Waals surface area contributed by atoms with Gasteiger partial charge in [0.1, 0.15) is 0 Å². The molecule has 2 aliphatic heterocycles. The number of fused-ring (bicyclic) bond motifs is 1. The van der Waals surface area contributed by atoms with Crippen molar-refractivity contribution in [1.29, 1.82) is 0 Å². The molecule has 4 nitrogen and oxygen atoms in total. The summed E-state index contributed by atoms with van der Waals surface area (Å²) >= 11 is 9.99. The van der Waals surface area contributed by atoms with Gasteiger partial charge >= 0.3 is 0 Å². The highest BCUT2D eigenvalue weighted by Gasteiger charge is 2.40. The SMILES string of the molecule is Clc1cnc2ccc(Br)cc2c1N1CCC2(CC1)OCCO2. The lowest BCUT2D eigenvalue weighted by atomic mass is 10.0. The van der Waals surface area contributed by atoms with Crippen molar-refractivity contribution >= 4 is 44.1 Å². The third-order valence-electron chi connectivity index (χ3n) is 4.41. The van der Waals surface area contributed by atoms with Gasteiger partial charge in [0.15, 0.2) is 5.79 Å². The number of ether oxygens (including phenoxy) is 2. The van der Waals surface area contributed by atoms with Crippen LogP contribution in [0, 0.1) is 0 Å². The predicted octanol–water partition coefficient (Wildman–Crippen LogP) is 3.99. The predicted molar refractivity (Wildman–Crippen MR) is 90.5 cm³/mol. The Bertz CT molecular complexity index is 703. The molecule has 3 heterocycles. The Morgan fingerprint density at radius 1 is 1.18 bits per heavy atom. The number of hydrogen-bond donors (Lipinski definition) is 0. The second-order valence-electron chi connectivity index (χ2n) is 5.71. The fourth-order valence-corrected chi connectivity index (χ4v) is 3.94. The van der Waals surface area contributed by atoms with Gasteiger partial charge in [-0.05, 0) is 18.2 Å². The first-order chi connectivity index (χ1) is 10.7. The molecule has 0 aliphatic carbocycles. The number of piperidine rings is 1. The minimum atomic E-state index is -0.369. The standard InChI is InChI=1S/C16H16BrClN2O2/c17-11-1-2-14-12(9-11)15(13(18)10-19-14)20-5-3-16(4-6-20)21-7-8-22-16/h1-2,9-10H,3-8H2. The van der Waals surface area contributed by atoms with Gasteiger partial charge in [-0.15, -0.1) is 0 Å². The van der Waals surface area contributed by atoms with E-state index in [1.807, 2.05) is 12.1 Å². The monoisotopic (exact) mass is 382 g/mol. The molecule has 0 saturated carbocycles. The molecule has 22 heavy (non-hydrogen) atoms. The molecule has 0 unspecified atom stereocenters. The maximum atomic E-state index is 6.46. The lowest BCUT2D eigenvalue weighted by Gasteiger charge is -2.39. The summed E-state index contributed by atoms with van der Waals surface area (Å²) in [5.41, 5.74) is 2.01. The van der Waals surface area contributed by atoms with E-state index in [1.165, 1.54) is 0 Å². The summed E-state index contributed by atoms with van der Waals surface area (Å²) in [5.74, 6) is -0.369. The third-order valence-corrected chi connectivity index (χ3v) is 5.18. The van der Waals surface area contributed by atoms with Gasteiger partial charge in [0.25, 0.3) is 0 Å². The number of halogens is 2. The van der Waals surface area contributed by atoms with Gasteiger partial charge in [-0.3, -0.25) is 4.98 Å². The van der Waals surface area contributed by atoms with Crippen LogP contribution in [0.25, 0.3) is 10.9 Å². The molecule has 0 atom stereocenters. The molecule has 4 rings (SSSR count). The number of rotatable bonds is 1. The van der Waals surface area contributed by atoms with Crippen molar-refractivity contribution < 1.29 is 9.47 Å². The zero-order valence-corrected chi connectivity index (χ0v) is 14.4. The molecule has 1 spiro atoms. The quantitative estimate of drug-likeness (QED) is 0.746. The molecule has 1 aromatic heterocycles. The Hall–Kier alpha value is -0.880. The van der Waals surface area contributed by atoms with E-state index in [-0.39, 0.29) is 5.79 Å². The van der Waals surface area contributed by atoms with E-state index in [1.54, 1.807) is 6.20 Å². The topological polar surface area (TPSA) is 34.6 Å². The van der Waals surface area contributed by atoms with Crippen LogP contribution >= 0.6 is 27.5 Å². The Morgan fingerprint density at radius 2 is 1.91 bits per heavy atom. The largest absolute Gasteiger partial charge is 0.369 e. The summed E-state index contributed by atoms with van der Waals surface area (Å²) in [6, 6.07) is 6.09. The number of benzene rings is 1. The van der Waals surface area contributed by atoms with Crippen LogP contribution in [-0.4, -0.2) is 37.1 Å². The number of aromatic nitrogens is 1. The van der Waals surface area contributed by atoms with E-state index in [9.17, 15) is 0 Å². The molecule has 0 amide bonds. The van der Waals surface area contributed by atoms with Crippen molar-refractivity contribution in [3.8, 4) is 0 Å². The van der Waals surface area contributed by atoms with Gasteiger partial charge in [-0.2, -0.15) is 0 Å². The average Bonchev–Trinajstić information content (AvgIpc) is 2.97. The molecule has 0 N–H and O–H groups in total. The zero-order chi connectivity index (χ0) is 15.2. The minimum Gasteiger partial charge on any atom is -0.369 e. The number of nitrogens with zero attached hydrogens (tertiary/aromatic N) is 2. The Morgan fingerprint density at radius 3 is 2.64 bits per heavy atom. The van der Waals surface area contributed by atoms with Crippen LogP contribution in [0.2, 0.25) is 5.02 Å². The van der Waals surface area contributed by atoms with Crippen LogP contribution in [-0.2, 0) is 9.47 Å². The molecule has 116 valence electrons. The van der Waals surface area contributed by atoms with E-state index in [2.05, 4.69) is 31.9 Å². The second kappa shape index (κ2) is 5.64. The van der Waals surface area contributed by atoms with Gasteiger partial charge in [-0.1, -0.05) is 27.5 Å². The summed E-state index contributed by atoms with van der Waals surface area (Å²) in [5, 5.41) is 1.76. The normalized spacial score (nSPS) is 20.9. The highest BCUT2D eigenvalue weighted by Crippen LogP contribution is 2.39. The van der Waals surface area contributed by atoms with Crippen molar-refractivity contribution in [3.63, 3.8) is 0 Å². The molecule has 2 aliphatic rings. The van der Waals surface area contributed by atoms with E-state index >= 15 is 0 Å². The van der Waals surface area contributed by atoms with Crippen LogP contribution in [0.1, 0.15) is 12.8 Å². The van der Waals surface area contributed by atoms with Gasteiger partial charge in [0.2, 0.25) is 0 Å². The molecule has 6 heteroatoms. The molecule has 2 aromatic rings. The Kier molecular flexibility index (Phi) is 3.77. The smallest absolute Gasteiger partial charge is 0.171 e. The summed E-state index contributed by atoms with van der Waals surface area (Å²) in [4.78, 5) is 6.73. The van der Waals surface area contributed by atoms with Crippen molar-refractivity contribution in [2.75, 3.05) is 31.2 Å². The fourth-order valence-electron chi connectivity index (χ4n) is 3.30. The average molecular weight is 384 g/mol. The molecular formula is C16H16BrClN2O2. The maximum Gasteiger partial charge on any atom is 0.171 e. The van der Waals surface area contributed by atoms with E-state index in [0.29, 0.717) is 18.2 Å². The Balaban J connectivity index is 1.69. The van der Waals surface area contributed by atoms with Crippen LogP contribution in [0.15, 0.2) is 28.9 Å². The lowest BCUT2D eigenvalue weighted by molar-refractivity contribution is -0.169. The summed E-state index contributed by atoms with van der Waals surface area (Å²) in [7, 11) is 0. The van der Waals surface area contributed by atoms with Gasteiger partial charge in [0, 0.05) is 42.0 Å². The first-order valence-corrected chi connectivity index (χ1v) is 8.61. The van der Waals surface area contributed by atoms with Crippen LogP contribution in [0.4, 0.5) is 5.69 Å². The van der Waals surface area contributed by atoms with Gasteiger partial charge in [-0.25, -0.2) is 0 Å². The highest BCUT2D eigenvalue weighted by atomic mass is 79.9. The highest BCUT2D eigenvalue weighted by molar-refractivity contribution is 9.10. The Labute approximate surface area is 142 Å². The molecule has 1 aromatic carbocycles. The third kappa shape index (κ3) is 2.50. The molecular weight excluding hydrogens is 368 g/mol. The zero-order valence-electron chi connectivity index (χ0n) is 12.0.